The molecule has 0 atom stereocenters. The van der Waals surface area contributed by atoms with E-state index in [4.69, 9.17) is 21.1 Å². The van der Waals surface area contributed by atoms with Crippen molar-refractivity contribution in [1.82, 2.24) is 0 Å². The molecule has 1 aromatic heterocycles. The van der Waals surface area contributed by atoms with Crippen molar-refractivity contribution in [2.45, 2.75) is 12.8 Å². The van der Waals surface area contributed by atoms with Gasteiger partial charge < -0.3 is 9.47 Å². The molecule has 2 nitrogen and oxygen atoms in total. The molecule has 3 aromatic rings. The maximum absolute atomic E-state index is 14.6. The molecule has 0 saturated carbocycles. The molecule has 0 radical (unpaired) electrons. The molecule has 0 saturated heterocycles. The van der Waals surface area contributed by atoms with Crippen molar-refractivity contribution in [3.8, 4) is 16.9 Å². The van der Waals surface area contributed by atoms with Crippen LogP contribution >= 0.6 is 22.9 Å². The van der Waals surface area contributed by atoms with E-state index in [1.807, 2.05) is 43.3 Å². The molecule has 0 spiro atoms. The van der Waals surface area contributed by atoms with Crippen LogP contribution in [0.1, 0.15) is 11.1 Å². The average molecular weight is 365 g/mol. The van der Waals surface area contributed by atoms with Crippen LogP contribution in [0.4, 0.5) is 4.39 Å². The van der Waals surface area contributed by atoms with Gasteiger partial charge in [-0.2, -0.15) is 4.39 Å². The van der Waals surface area contributed by atoms with Gasteiger partial charge in [-0.25, -0.2) is 0 Å². The normalized spacial score (nSPS) is 11.2. The minimum absolute atomic E-state index is 0.173. The minimum Gasteiger partial charge on any atom is -0.491 e. The van der Waals surface area contributed by atoms with E-state index in [1.54, 1.807) is 7.11 Å². The summed E-state index contributed by atoms with van der Waals surface area (Å²) < 4.78 is 26.1. The number of benzene rings is 2. The molecule has 0 bridgehead atoms. The first-order valence-corrected chi connectivity index (χ1v) is 8.98. The number of hydrogen-bond donors (Lipinski definition) is 0. The zero-order valence-electron chi connectivity index (χ0n) is 13.6. The molecule has 0 aliphatic heterocycles. The molecule has 0 fully saturated rings. The van der Waals surface area contributed by atoms with E-state index >= 15 is 0 Å². The SMILES string of the molecule is COCCOc1ccc(-c2c(F)sc3ccc(CCl)cc23)c(C)c1. The van der Waals surface area contributed by atoms with E-state index in [9.17, 15) is 4.39 Å². The Hall–Kier alpha value is -1.62. The summed E-state index contributed by atoms with van der Waals surface area (Å²) in [4.78, 5) is 0. The fourth-order valence-electron chi connectivity index (χ4n) is 2.70. The van der Waals surface area contributed by atoms with Gasteiger partial charge in [0.15, 0.2) is 5.13 Å². The Morgan fingerprint density at radius 3 is 2.67 bits per heavy atom. The van der Waals surface area contributed by atoms with Gasteiger partial charge >= 0.3 is 0 Å². The van der Waals surface area contributed by atoms with Gasteiger partial charge in [0.1, 0.15) is 12.4 Å². The quantitative estimate of drug-likeness (QED) is 0.407. The van der Waals surface area contributed by atoms with Gasteiger partial charge in [-0.15, -0.1) is 22.9 Å². The fraction of sp³-hybridized carbons (Fsp3) is 0.263. The maximum Gasteiger partial charge on any atom is 0.185 e. The van der Waals surface area contributed by atoms with Crippen LogP contribution in [0, 0.1) is 12.1 Å². The van der Waals surface area contributed by atoms with E-state index in [0.717, 1.165) is 32.5 Å². The monoisotopic (exact) mass is 364 g/mol. The van der Waals surface area contributed by atoms with E-state index in [-0.39, 0.29) is 5.13 Å². The van der Waals surface area contributed by atoms with Crippen LogP contribution in [0.3, 0.4) is 0 Å². The van der Waals surface area contributed by atoms with Crippen LogP contribution in [0.25, 0.3) is 21.2 Å². The second kappa shape index (κ2) is 7.51. The first kappa shape index (κ1) is 17.2. The summed E-state index contributed by atoms with van der Waals surface area (Å²) in [6.07, 6.45) is 0. The Morgan fingerprint density at radius 1 is 1.12 bits per heavy atom. The first-order chi connectivity index (χ1) is 11.6. The highest BCUT2D eigenvalue weighted by molar-refractivity contribution is 7.18. The number of thiophene rings is 1. The molecule has 24 heavy (non-hydrogen) atoms. The van der Waals surface area contributed by atoms with Crippen molar-refractivity contribution in [3.63, 3.8) is 0 Å². The smallest absolute Gasteiger partial charge is 0.185 e. The number of aryl methyl sites for hydroxylation is 1. The van der Waals surface area contributed by atoms with Crippen LogP contribution in [-0.2, 0) is 10.6 Å². The van der Waals surface area contributed by atoms with Gasteiger partial charge in [-0.3, -0.25) is 0 Å². The largest absolute Gasteiger partial charge is 0.491 e. The standard InChI is InChI=1S/C19H18ClFO2S/c1-12-9-14(23-8-7-22-2)4-5-15(12)18-16-10-13(11-20)3-6-17(16)24-19(18)21/h3-6,9-10H,7-8,11H2,1-2H3. The van der Waals surface area contributed by atoms with Crippen LogP contribution < -0.4 is 4.74 Å². The molecule has 0 unspecified atom stereocenters. The number of fused-ring (bicyclic) bond motifs is 1. The second-order valence-electron chi connectivity index (χ2n) is 5.53. The predicted molar refractivity (Wildman–Crippen MR) is 98.9 cm³/mol. The van der Waals surface area contributed by atoms with Crippen LogP contribution in [0.15, 0.2) is 36.4 Å². The second-order valence-corrected chi connectivity index (χ2v) is 6.80. The van der Waals surface area contributed by atoms with Crippen LogP contribution in [0.2, 0.25) is 0 Å². The summed E-state index contributed by atoms with van der Waals surface area (Å²) in [5.41, 5.74) is 3.48. The topological polar surface area (TPSA) is 18.5 Å². The average Bonchev–Trinajstić information content (AvgIpc) is 2.90. The van der Waals surface area contributed by atoms with E-state index in [2.05, 4.69) is 0 Å². The molecule has 0 N–H and O–H groups in total. The Morgan fingerprint density at radius 2 is 1.96 bits per heavy atom. The van der Waals surface area contributed by atoms with Gasteiger partial charge in [0, 0.05) is 28.6 Å². The lowest BCUT2D eigenvalue weighted by Crippen LogP contribution is -2.04. The molecule has 126 valence electrons. The highest BCUT2D eigenvalue weighted by Crippen LogP contribution is 2.40. The van der Waals surface area contributed by atoms with Crippen molar-refractivity contribution >= 4 is 33.0 Å². The highest BCUT2D eigenvalue weighted by atomic mass is 35.5. The Labute approximate surface area is 149 Å². The Bertz CT molecular complexity index is 860. The minimum atomic E-state index is -0.173. The molecule has 5 heteroatoms. The van der Waals surface area contributed by atoms with Crippen molar-refractivity contribution in [2.24, 2.45) is 0 Å². The molecular weight excluding hydrogens is 347 g/mol. The summed E-state index contributed by atoms with van der Waals surface area (Å²) >= 11 is 7.09. The Kier molecular flexibility index (Phi) is 5.39. The summed E-state index contributed by atoms with van der Waals surface area (Å²) in [7, 11) is 1.64. The summed E-state index contributed by atoms with van der Waals surface area (Å²) in [6, 6.07) is 11.6. The molecular formula is C19H18ClFO2S. The number of methoxy groups -OCH3 is 1. The summed E-state index contributed by atoms with van der Waals surface area (Å²) in [5.74, 6) is 1.17. The van der Waals surface area contributed by atoms with Gasteiger partial charge in [-0.05, 0) is 47.9 Å². The van der Waals surface area contributed by atoms with Crippen LogP contribution in [0.5, 0.6) is 5.75 Å². The molecule has 1 heterocycles. The molecule has 2 aromatic carbocycles. The molecule has 0 aliphatic rings. The third-order valence-electron chi connectivity index (χ3n) is 3.89. The van der Waals surface area contributed by atoms with Crippen molar-refractivity contribution in [2.75, 3.05) is 20.3 Å². The fourth-order valence-corrected chi connectivity index (χ4v) is 3.79. The van der Waals surface area contributed by atoms with Crippen LogP contribution in [-0.4, -0.2) is 20.3 Å². The lowest BCUT2D eigenvalue weighted by atomic mass is 9.98. The molecule has 0 aliphatic carbocycles. The summed E-state index contributed by atoms with van der Waals surface area (Å²) in [5, 5.41) is 0.736. The number of ether oxygens (including phenoxy) is 2. The van der Waals surface area contributed by atoms with Gasteiger partial charge in [0.25, 0.3) is 0 Å². The number of alkyl halides is 1. The van der Waals surface area contributed by atoms with Gasteiger partial charge in [0.2, 0.25) is 0 Å². The highest BCUT2D eigenvalue weighted by Gasteiger charge is 2.16. The number of hydrogen-bond acceptors (Lipinski definition) is 3. The third-order valence-corrected chi connectivity index (χ3v) is 5.15. The zero-order chi connectivity index (χ0) is 17.1. The van der Waals surface area contributed by atoms with E-state index in [0.29, 0.717) is 24.7 Å². The molecule has 0 amide bonds. The lowest BCUT2D eigenvalue weighted by molar-refractivity contribution is 0.146. The maximum atomic E-state index is 14.6. The Balaban J connectivity index is 2.02. The van der Waals surface area contributed by atoms with E-state index in [1.165, 1.54) is 11.3 Å². The van der Waals surface area contributed by atoms with Crippen molar-refractivity contribution in [3.05, 3.63) is 52.7 Å². The third kappa shape index (κ3) is 3.41. The number of rotatable bonds is 6. The zero-order valence-corrected chi connectivity index (χ0v) is 15.1. The van der Waals surface area contributed by atoms with Crippen molar-refractivity contribution in [1.29, 1.82) is 0 Å². The van der Waals surface area contributed by atoms with Gasteiger partial charge in [0.05, 0.1) is 6.61 Å². The summed E-state index contributed by atoms with van der Waals surface area (Å²) in [6.45, 7) is 2.99. The number of halogens is 2. The van der Waals surface area contributed by atoms with E-state index < -0.39 is 0 Å². The predicted octanol–water partition coefficient (Wildman–Crippen LogP) is 5.78. The first-order valence-electron chi connectivity index (χ1n) is 7.63. The van der Waals surface area contributed by atoms with Crippen molar-refractivity contribution < 1.29 is 13.9 Å². The van der Waals surface area contributed by atoms with Gasteiger partial charge in [-0.1, -0.05) is 12.1 Å². The molecule has 3 rings (SSSR count). The lowest BCUT2D eigenvalue weighted by Gasteiger charge is -2.10.